The van der Waals surface area contributed by atoms with Gasteiger partial charge >= 0.3 is 0 Å². The summed E-state index contributed by atoms with van der Waals surface area (Å²) in [5.41, 5.74) is 7.05. The number of thiazole rings is 2. The molecule has 0 radical (unpaired) electrons. The highest BCUT2D eigenvalue weighted by molar-refractivity contribution is 7.16. The molecule has 3 N–H and O–H groups in total. The van der Waals surface area contributed by atoms with Crippen LogP contribution in [0.15, 0.2) is 5.38 Å². The van der Waals surface area contributed by atoms with Gasteiger partial charge in [-0.1, -0.05) is 0 Å². The molecule has 1 amide bonds. The summed E-state index contributed by atoms with van der Waals surface area (Å²) in [6.45, 7) is 0.365. The largest absolute Gasteiger partial charge is 0.325 e. The van der Waals surface area contributed by atoms with Crippen molar-refractivity contribution in [1.82, 2.24) is 9.97 Å². The van der Waals surface area contributed by atoms with Crippen molar-refractivity contribution >= 4 is 33.7 Å². The predicted molar refractivity (Wildman–Crippen MR) is 76.7 cm³/mol. The second kappa shape index (κ2) is 5.36. The molecule has 0 unspecified atom stereocenters. The minimum absolute atomic E-state index is 0.206. The fourth-order valence-corrected chi connectivity index (χ4v) is 3.78. The van der Waals surface area contributed by atoms with Crippen LogP contribution in [0.25, 0.3) is 0 Å². The number of nitrogens with two attached hydrogens (primary N) is 1. The fraction of sp³-hybridized carbons (Fsp3) is 0.417. The maximum atomic E-state index is 12.0. The summed E-state index contributed by atoms with van der Waals surface area (Å²) in [5.74, 6) is -0.206. The molecule has 0 aliphatic heterocycles. The van der Waals surface area contributed by atoms with Crippen LogP contribution in [0.4, 0.5) is 5.13 Å². The molecule has 2 heterocycles. The number of aryl methyl sites for hydroxylation is 2. The van der Waals surface area contributed by atoms with Gasteiger partial charge in [0.15, 0.2) is 5.13 Å². The minimum atomic E-state index is -0.206. The summed E-state index contributed by atoms with van der Waals surface area (Å²) >= 11 is 2.98. The second-order valence-electron chi connectivity index (χ2n) is 4.38. The van der Waals surface area contributed by atoms with Crippen LogP contribution in [-0.4, -0.2) is 15.9 Å². The molecule has 100 valence electrons. The second-order valence-corrected chi connectivity index (χ2v) is 6.41. The van der Waals surface area contributed by atoms with Gasteiger partial charge in [0.05, 0.1) is 5.69 Å². The highest BCUT2D eigenvalue weighted by atomic mass is 32.1. The number of aromatic nitrogens is 2. The van der Waals surface area contributed by atoms with Crippen molar-refractivity contribution in [3.8, 4) is 0 Å². The fourth-order valence-electron chi connectivity index (χ4n) is 2.08. The van der Waals surface area contributed by atoms with Crippen LogP contribution in [0.1, 0.15) is 38.9 Å². The van der Waals surface area contributed by atoms with Crippen molar-refractivity contribution in [1.29, 1.82) is 0 Å². The summed E-state index contributed by atoms with van der Waals surface area (Å²) in [6, 6.07) is 0. The molecule has 0 aromatic carbocycles. The molecule has 3 rings (SSSR count). The van der Waals surface area contributed by atoms with E-state index in [1.54, 1.807) is 16.7 Å². The number of carbonyl (C=O) groups excluding carboxylic acids is 1. The van der Waals surface area contributed by atoms with Gasteiger partial charge in [-0.25, -0.2) is 9.97 Å². The smallest absolute Gasteiger partial charge is 0.276 e. The van der Waals surface area contributed by atoms with E-state index in [0.29, 0.717) is 17.4 Å². The summed E-state index contributed by atoms with van der Waals surface area (Å²) in [7, 11) is 0. The third kappa shape index (κ3) is 2.68. The zero-order valence-electron chi connectivity index (χ0n) is 10.3. The average molecular weight is 294 g/mol. The van der Waals surface area contributed by atoms with E-state index in [2.05, 4.69) is 15.3 Å². The Morgan fingerprint density at radius 2 is 2.21 bits per heavy atom. The maximum absolute atomic E-state index is 12.0. The molecule has 19 heavy (non-hydrogen) atoms. The van der Waals surface area contributed by atoms with Crippen molar-refractivity contribution in [2.24, 2.45) is 5.73 Å². The number of nitrogens with one attached hydrogen (secondary N) is 1. The van der Waals surface area contributed by atoms with E-state index < -0.39 is 0 Å². The number of hydrogen-bond donors (Lipinski definition) is 2. The minimum Gasteiger partial charge on any atom is -0.325 e. The van der Waals surface area contributed by atoms with Crippen molar-refractivity contribution in [3.63, 3.8) is 0 Å². The highest BCUT2D eigenvalue weighted by Gasteiger charge is 2.17. The average Bonchev–Trinajstić information content (AvgIpc) is 3.04. The summed E-state index contributed by atoms with van der Waals surface area (Å²) in [5, 5.41) is 6.00. The molecule has 0 spiro atoms. The van der Waals surface area contributed by atoms with Crippen LogP contribution in [0.3, 0.4) is 0 Å². The van der Waals surface area contributed by atoms with E-state index in [-0.39, 0.29) is 5.91 Å². The van der Waals surface area contributed by atoms with Crippen molar-refractivity contribution < 1.29 is 4.79 Å². The lowest BCUT2D eigenvalue weighted by Gasteiger charge is -2.06. The van der Waals surface area contributed by atoms with Crippen LogP contribution >= 0.6 is 22.7 Å². The molecule has 1 aliphatic carbocycles. The van der Waals surface area contributed by atoms with Crippen LogP contribution in [0, 0.1) is 0 Å². The van der Waals surface area contributed by atoms with Crippen molar-refractivity contribution in [2.75, 3.05) is 5.32 Å². The first-order valence-corrected chi connectivity index (χ1v) is 7.90. The Balaban J connectivity index is 1.73. The molecule has 5 nitrogen and oxygen atoms in total. The zero-order valence-corrected chi connectivity index (χ0v) is 11.9. The molecule has 1 aliphatic rings. The van der Waals surface area contributed by atoms with Gasteiger partial charge in [-0.2, -0.15) is 0 Å². The number of carbonyl (C=O) groups is 1. The van der Waals surface area contributed by atoms with Crippen LogP contribution < -0.4 is 11.1 Å². The summed E-state index contributed by atoms with van der Waals surface area (Å²) < 4.78 is 0. The number of rotatable bonds is 3. The van der Waals surface area contributed by atoms with Gasteiger partial charge in [0.25, 0.3) is 5.91 Å². The maximum Gasteiger partial charge on any atom is 0.276 e. The standard InChI is InChI=1S/C12H14N4OS2/c13-5-10-14-8(6-18-10)11(17)16-12-15-7-3-1-2-4-9(7)19-12/h6H,1-5,13H2,(H,15,16,17). The van der Waals surface area contributed by atoms with E-state index in [0.717, 1.165) is 23.5 Å². The third-order valence-corrected chi connectivity index (χ3v) is 4.97. The van der Waals surface area contributed by atoms with Gasteiger partial charge < -0.3 is 5.73 Å². The lowest BCUT2D eigenvalue weighted by Crippen LogP contribution is -2.12. The SMILES string of the molecule is NCc1nc(C(=O)Nc2nc3c(s2)CCCC3)cs1. The van der Waals surface area contributed by atoms with Gasteiger partial charge in [-0.3, -0.25) is 10.1 Å². The molecule has 0 saturated heterocycles. The molecule has 0 fully saturated rings. The Labute approximate surface area is 118 Å². The Kier molecular flexibility index (Phi) is 3.58. The topological polar surface area (TPSA) is 80.9 Å². The van der Waals surface area contributed by atoms with E-state index >= 15 is 0 Å². The molecular formula is C12H14N4OS2. The number of amides is 1. The first-order valence-electron chi connectivity index (χ1n) is 6.20. The van der Waals surface area contributed by atoms with Gasteiger partial charge in [0, 0.05) is 16.8 Å². The van der Waals surface area contributed by atoms with Crippen molar-refractivity contribution in [3.05, 3.63) is 26.7 Å². The predicted octanol–water partition coefficient (Wildman–Crippen LogP) is 2.19. The van der Waals surface area contributed by atoms with Gasteiger partial charge in [-0.15, -0.1) is 22.7 Å². The van der Waals surface area contributed by atoms with Gasteiger partial charge in [0.2, 0.25) is 0 Å². The Hall–Kier alpha value is -1.31. The van der Waals surface area contributed by atoms with Gasteiger partial charge in [-0.05, 0) is 25.7 Å². The normalized spacial score (nSPS) is 14.2. The summed E-state index contributed by atoms with van der Waals surface area (Å²) in [6.07, 6.45) is 4.51. The van der Waals surface area contributed by atoms with E-state index in [1.807, 2.05) is 0 Å². The lowest BCUT2D eigenvalue weighted by atomic mass is 10.0. The highest BCUT2D eigenvalue weighted by Crippen LogP contribution is 2.29. The van der Waals surface area contributed by atoms with Crippen LogP contribution in [0.2, 0.25) is 0 Å². The summed E-state index contributed by atoms with van der Waals surface area (Å²) in [4.78, 5) is 22.0. The Bertz CT molecular complexity index is 581. The molecular weight excluding hydrogens is 280 g/mol. The number of hydrogen-bond acceptors (Lipinski definition) is 6. The Morgan fingerprint density at radius 3 is 2.95 bits per heavy atom. The van der Waals surface area contributed by atoms with E-state index in [9.17, 15) is 4.79 Å². The molecule has 7 heteroatoms. The van der Waals surface area contributed by atoms with Gasteiger partial charge in [0.1, 0.15) is 10.7 Å². The zero-order chi connectivity index (χ0) is 13.2. The molecule has 2 aromatic heterocycles. The number of anilines is 1. The van der Waals surface area contributed by atoms with Crippen molar-refractivity contribution in [2.45, 2.75) is 32.2 Å². The molecule has 2 aromatic rings. The molecule has 0 atom stereocenters. The first-order chi connectivity index (χ1) is 9.26. The van der Waals surface area contributed by atoms with E-state index in [1.165, 1.54) is 29.1 Å². The molecule has 0 bridgehead atoms. The number of nitrogens with zero attached hydrogens (tertiary/aromatic N) is 2. The Morgan fingerprint density at radius 1 is 1.37 bits per heavy atom. The van der Waals surface area contributed by atoms with E-state index in [4.69, 9.17) is 5.73 Å². The molecule has 0 saturated carbocycles. The first kappa shape index (κ1) is 12.7. The quantitative estimate of drug-likeness (QED) is 0.909. The number of fused-ring (bicyclic) bond motifs is 1. The van der Waals surface area contributed by atoms with Crippen LogP contribution in [0.5, 0.6) is 0 Å². The lowest BCUT2D eigenvalue weighted by molar-refractivity contribution is 0.102. The van der Waals surface area contributed by atoms with Crippen LogP contribution in [-0.2, 0) is 19.4 Å². The monoisotopic (exact) mass is 294 g/mol. The third-order valence-electron chi connectivity index (χ3n) is 3.03.